The van der Waals surface area contributed by atoms with Crippen LogP contribution in [0.25, 0.3) is 11.0 Å². The molecule has 6 heteroatoms. The van der Waals surface area contributed by atoms with Gasteiger partial charge in [-0.2, -0.15) is 0 Å². The van der Waals surface area contributed by atoms with E-state index >= 15 is 0 Å². The first-order valence-corrected chi connectivity index (χ1v) is 7.55. The molecule has 0 amide bonds. The van der Waals surface area contributed by atoms with Gasteiger partial charge in [-0.3, -0.25) is 0 Å². The summed E-state index contributed by atoms with van der Waals surface area (Å²) in [6, 6.07) is 6.71. The third-order valence-electron chi connectivity index (χ3n) is 3.59. The zero-order valence-corrected chi connectivity index (χ0v) is 13.7. The van der Waals surface area contributed by atoms with Gasteiger partial charge >= 0.3 is 9.60 Å². The van der Waals surface area contributed by atoms with Crippen molar-refractivity contribution in [3.05, 3.63) is 40.2 Å². The Morgan fingerprint density at radius 2 is 2.14 bits per heavy atom. The lowest BCUT2D eigenvalue weighted by Gasteiger charge is -2.38. The average molecular weight is 400 g/mol. The Balaban J connectivity index is 2.07. The lowest BCUT2D eigenvalue weighted by molar-refractivity contribution is -0.0411. The molecule has 0 saturated heterocycles. The van der Waals surface area contributed by atoms with E-state index in [1.54, 1.807) is 34.7 Å². The molecule has 3 rings (SSSR count). The molecule has 2 heterocycles. The molecular weight excluding hydrogens is 387 g/mol. The Morgan fingerprint density at radius 3 is 2.86 bits per heavy atom. The van der Waals surface area contributed by atoms with E-state index in [-0.39, 0.29) is 10.1 Å². The second-order valence-electron chi connectivity index (χ2n) is 5.51. The smallest absolute Gasteiger partial charge is 0.367 e. The van der Waals surface area contributed by atoms with Crippen LogP contribution in [0.3, 0.4) is 0 Å². The van der Waals surface area contributed by atoms with Crippen LogP contribution in [-0.4, -0.2) is 15.7 Å². The molecule has 1 aliphatic rings. The van der Waals surface area contributed by atoms with Crippen molar-refractivity contribution < 1.29 is 18.7 Å². The predicted molar refractivity (Wildman–Crippen MR) is 85.2 cm³/mol. The van der Waals surface area contributed by atoms with Crippen LogP contribution in [0.4, 0.5) is 4.79 Å². The van der Waals surface area contributed by atoms with Gasteiger partial charge in [0, 0.05) is 23.9 Å². The van der Waals surface area contributed by atoms with Crippen molar-refractivity contribution in [2.45, 2.75) is 32.0 Å². The molecule has 5 nitrogen and oxygen atoms in total. The number of halogens is 1. The molecule has 1 atom stereocenters. The second kappa shape index (κ2) is 5.01. The van der Waals surface area contributed by atoms with Gasteiger partial charge < -0.3 is 13.9 Å². The van der Waals surface area contributed by atoms with Gasteiger partial charge in [0.2, 0.25) is 0 Å². The number of hydrogen-bond acceptors (Lipinski definition) is 5. The standard InChI is InChI=1S/C15H13IO5/c1-15(2)12(20-14(16)18)6-9-5-8-3-4-13(17)19-10(8)7-11(9)21-15/h3-5,7,12H,6H2,1-2H3/t12-/m0/s1. The van der Waals surface area contributed by atoms with Gasteiger partial charge in [-0.1, -0.05) is 0 Å². The Morgan fingerprint density at radius 1 is 1.38 bits per heavy atom. The van der Waals surface area contributed by atoms with Crippen LogP contribution < -0.4 is 10.4 Å². The highest BCUT2D eigenvalue weighted by atomic mass is 127. The summed E-state index contributed by atoms with van der Waals surface area (Å²) < 4.78 is 16.1. The summed E-state index contributed by atoms with van der Waals surface area (Å²) >= 11 is 1.61. The molecule has 0 saturated carbocycles. The molecule has 0 N–H and O–H groups in total. The molecule has 1 aromatic carbocycles. The molecule has 1 aliphatic heterocycles. The lowest BCUT2D eigenvalue weighted by atomic mass is 9.90. The minimum Gasteiger partial charge on any atom is -0.484 e. The van der Waals surface area contributed by atoms with Gasteiger partial charge in [-0.15, -0.1) is 0 Å². The summed E-state index contributed by atoms with van der Waals surface area (Å²) in [6.45, 7) is 3.73. The van der Waals surface area contributed by atoms with Crippen molar-refractivity contribution in [3.8, 4) is 5.75 Å². The summed E-state index contributed by atoms with van der Waals surface area (Å²) in [6.07, 6.45) is 0.203. The summed E-state index contributed by atoms with van der Waals surface area (Å²) in [7, 11) is 0. The third kappa shape index (κ3) is 2.76. The van der Waals surface area contributed by atoms with E-state index in [4.69, 9.17) is 13.9 Å². The number of rotatable bonds is 1. The van der Waals surface area contributed by atoms with Crippen molar-refractivity contribution in [3.63, 3.8) is 0 Å². The molecular formula is C15H13IO5. The van der Waals surface area contributed by atoms with Gasteiger partial charge in [-0.05, 0) is 31.5 Å². The first-order chi connectivity index (χ1) is 9.85. The van der Waals surface area contributed by atoms with Gasteiger partial charge in [-0.25, -0.2) is 9.59 Å². The van der Waals surface area contributed by atoms with Crippen LogP contribution in [0, 0.1) is 0 Å². The van der Waals surface area contributed by atoms with E-state index in [2.05, 4.69) is 0 Å². The summed E-state index contributed by atoms with van der Waals surface area (Å²) in [4.78, 5) is 22.5. The topological polar surface area (TPSA) is 65.7 Å². The van der Waals surface area contributed by atoms with Crippen LogP contribution in [0.1, 0.15) is 19.4 Å². The maximum atomic E-state index is 11.3. The number of carbonyl (C=O) groups is 1. The number of benzene rings is 1. The van der Waals surface area contributed by atoms with E-state index in [0.29, 0.717) is 17.8 Å². The highest BCUT2D eigenvalue weighted by Gasteiger charge is 2.39. The first kappa shape index (κ1) is 14.4. The number of hydrogen-bond donors (Lipinski definition) is 0. The van der Waals surface area contributed by atoms with E-state index < -0.39 is 11.2 Å². The molecule has 21 heavy (non-hydrogen) atoms. The average Bonchev–Trinajstić information content (AvgIpc) is 2.36. The Hall–Kier alpha value is -1.57. The van der Waals surface area contributed by atoms with Gasteiger partial charge in [0.25, 0.3) is 0 Å². The largest absolute Gasteiger partial charge is 0.484 e. The molecule has 0 radical (unpaired) electrons. The van der Waals surface area contributed by atoms with E-state index in [1.165, 1.54) is 6.07 Å². The maximum Gasteiger partial charge on any atom is 0.367 e. The van der Waals surface area contributed by atoms with Crippen LogP contribution >= 0.6 is 22.6 Å². The zero-order valence-electron chi connectivity index (χ0n) is 11.5. The SMILES string of the molecule is CC1(C)Oc2cc3oc(=O)ccc3cc2C[C@@H]1OC(=O)I. The highest BCUT2D eigenvalue weighted by molar-refractivity contribution is 14.1. The summed E-state index contributed by atoms with van der Waals surface area (Å²) in [5.41, 5.74) is 0.380. The highest BCUT2D eigenvalue weighted by Crippen LogP contribution is 2.37. The fraction of sp³-hybridized carbons (Fsp3) is 0.333. The second-order valence-corrected chi connectivity index (χ2v) is 6.39. The molecule has 0 fully saturated rings. The molecule has 1 aromatic heterocycles. The van der Waals surface area contributed by atoms with Crippen molar-refractivity contribution >= 4 is 37.5 Å². The number of fused-ring (bicyclic) bond motifs is 2. The minimum atomic E-state index is -0.642. The van der Waals surface area contributed by atoms with Gasteiger partial charge in [0.15, 0.2) is 0 Å². The minimum absolute atomic E-state index is 0.357. The van der Waals surface area contributed by atoms with Crippen molar-refractivity contribution in [2.75, 3.05) is 0 Å². The number of carbonyl (C=O) groups excluding carboxylic acids is 1. The van der Waals surface area contributed by atoms with Crippen molar-refractivity contribution in [2.24, 2.45) is 0 Å². The Bertz CT molecular complexity index is 777. The van der Waals surface area contributed by atoms with Crippen LogP contribution in [0.5, 0.6) is 5.75 Å². The summed E-state index contributed by atoms with van der Waals surface area (Å²) in [5, 5.41) is 0.816. The normalized spacial score (nSPS) is 19.7. The van der Waals surface area contributed by atoms with Crippen LogP contribution in [0.2, 0.25) is 0 Å². The van der Waals surface area contributed by atoms with Crippen molar-refractivity contribution in [1.82, 2.24) is 0 Å². The van der Waals surface area contributed by atoms with E-state index in [1.807, 2.05) is 19.9 Å². The number of ether oxygens (including phenoxy) is 2. The van der Waals surface area contributed by atoms with E-state index in [0.717, 1.165) is 10.9 Å². The molecule has 110 valence electrons. The molecule has 0 unspecified atom stereocenters. The first-order valence-electron chi connectivity index (χ1n) is 6.47. The van der Waals surface area contributed by atoms with Gasteiger partial charge in [0.05, 0.1) is 22.6 Å². The zero-order chi connectivity index (χ0) is 15.2. The maximum absolute atomic E-state index is 11.3. The fourth-order valence-corrected chi connectivity index (χ4v) is 2.80. The summed E-state index contributed by atoms with van der Waals surface area (Å²) in [5.74, 6) is 0.655. The van der Waals surface area contributed by atoms with Gasteiger partial charge in [0.1, 0.15) is 23.0 Å². The van der Waals surface area contributed by atoms with Crippen LogP contribution in [0.15, 0.2) is 33.5 Å². The quantitative estimate of drug-likeness (QED) is 0.417. The van der Waals surface area contributed by atoms with Crippen LogP contribution in [-0.2, 0) is 11.2 Å². The van der Waals surface area contributed by atoms with E-state index in [9.17, 15) is 9.59 Å². The Kier molecular flexibility index (Phi) is 3.43. The molecule has 0 bridgehead atoms. The fourth-order valence-electron chi connectivity index (χ4n) is 2.49. The monoisotopic (exact) mass is 400 g/mol. The van der Waals surface area contributed by atoms with Crippen molar-refractivity contribution in [1.29, 1.82) is 0 Å². The molecule has 0 aliphatic carbocycles. The molecule has 2 aromatic rings. The molecule has 0 spiro atoms. The third-order valence-corrected chi connectivity index (χ3v) is 3.85. The lowest BCUT2D eigenvalue weighted by Crippen LogP contribution is -2.48. The predicted octanol–water partition coefficient (Wildman–Crippen LogP) is 3.45. The Labute approximate surface area is 134 Å².